The summed E-state index contributed by atoms with van der Waals surface area (Å²) in [6, 6.07) is 0.384. The van der Waals surface area contributed by atoms with Gasteiger partial charge in [0, 0.05) is 12.4 Å². The maximum absolute atomic E-state index is 4.28. The summed E-state index contributed by atoms with van der Waals surface area (Å²) in [6.45, 7) is 3.27. The van der Waals surface area contributed by atoms with Crippen LogP contribution in [0, 0.1) is 0 Å². The molecule has 0 aromatic carbocycles. The summed E-state index contributed by atoms with van der Waals surface area (Å²) in [7, 11) is 0. The predicted molar refractivity (Wildman–Crippen MR) is 67.2 cm³/mol. The van der Waals surface area contributed by atoms with E-state index in [1.165, 1.54) is 18.6 Å². The van der Waals surface area contributed by atoms with Gasteiger partial charge in [-0.2, -0.15) is 11.8 Å². The molecule has 0 aliphatic heterocycles. The molecule has 1 rings (SSSR count). The van der Waals surface area contributed by atoms with Crippen LogP contribution in [0.2, 0.25) is 0 Å². The van der Waals surface area contributed by atoms with E-state index in [1.807, 2.05) is 24.2 Å². The molecule has 0 bridgehead atoms. The van der Waals surface area contributed by atoms with Gasteiger partial charge >= 0.3 is 0 Å². The Hall–Kier alpha value is -0.480. The van der Waals surface area contributed by atoms with E-state index in [0.29, 0.717) is 6.04 Å². The number of hydrogen-bond acceptors (Lipinski definition) is 3. The quantitative estimate of drug-likeness (QED) is 0.671. The van der Waals surface area contributed by atoms with Gasteiger partial charge < -0.3 is 10.3 Å². The molecule has 0 saturated heterocycles. The fourth-order valence-corrected chi connectivity index (χ4v) is 2.04. The molecular weight excluding hydrogens is 206 g/mol. The Bertz CT molecular complexity index is 236. The minimum atomic E-state index is 0.384. The summed E-state index contributed by atoms with van der Waals surface area (Å²) in [5.74, 6) is 2.32. The van der Waals surface area contributed by atoms with E-state index in [1.54, 1.807) is 0 Å². The van der Waals surface area contributed by atoms with Crippen LogP contribution >= 0.6 is 11.8 Å². The largest absolute Gasteiger partial charge is 0.347 e. The molecule has 86 valence electrons. The second-order valence-corrected chi connectivity index (χ2v) is 4.57. The lowest BCUT2D eigenvalue weighted by atomic mass is 10.2. The average molecular weight is 227 g/mol. The molecule has 0 fully saturated rings. The van der Waals surface area contributed by atoms with Crippen LogP contribution in [-0.2, 0) is 0 Å². The van der Waals surface area contributed by atoms with Crippen molar-refractivity contribution >= 4 is 11.8 Å². The molecule has 1 heterocycles. The van der Waals surface area contributed by atoms with Gasteiger partial charge in [-0.1, -0.05) is 6.92 Å². The lowest BCUT2D eigenvalue weighted by molar-refractivity contribution is 0.490. The Morgan fingerprint density at radius 3 is 3.00 bits per heavy atom. The third-order valence-electron chi connectivity index (χ3n) is 2.42. The molecule has 0 aliphatic carbocycles. The monoisotopic (exact) mass is 227 g/mol. The van der Waals surface area contributed by atoms with Crippen LogP contribution in [0.4, 0.5) is 0 Å². The van der Waals surface area contributed by atoms with Crippen molar-refractivity contribution in [3.63, 3.8) is 0 Å². The summed E-state index contributed by atoms with van der Waals surface area (Å²) in [5.41, 5.74) is 0. The van der Waals surface area contributed by atoms with Crippen molar-refractivity contribution in [1.29, 1.82) is 0 Å². The standard InChI is InChI=1S/C11H21N3S/c1-3-10(11-13-7-8-14-11)12-6-4-5-9-15-2/h7-8,10,12H,3-6,9H2,1-2H3,(H,13,14). The fourth-order valence-electron chi connectivity index (χ4n) is 1.55. The van der Waals surface area contributed by atoms with Gasteiger partial charge in [-0.15, -0.1) is 0 Å². The minimum absolute atomic E-state index is 0.384. The maximum Gasteiger partial charge on any atom is 0.123 e. The predicted octanol–water partition coefficient (Wildman–Crippen LogP) is 2.59. The van der Waals surface area contributed by atoms with Gasteiger partial charge in [0.15, 0.2) is 0 Å². The number of H-pyrrole nitrogens is 1. The highest BCUT2D eigenvalue weighted by Gasteiger charge is 2.09. The van der Waals surface area contributed by atoms with Gasteiger partial charge in [-0.25, -0.2) is 4.98 Å². The molecule has 3 nitrogen and oxygen atoms in total. The summed E-state index contributed by atoms with van der Waals surface area (Å²) in [4.78, 5) is 7.44. The molecule has 0 saturated carbocycles. The zero-order valence-electron chi connectivity index (χ0n) is 9.62. The molecule has 0 amide bonds. The summed E-state index contributed by atoms with van der Waals surface area (Å²) >= 11 is 1.92. The van der Waals surface area contributed by atoms with Crippen molar-refractivity contribution < 1.29 is 0 Å². The zero-order valence-corrected chi connectivity index (χ0v) is 10.4. The molecule has 0 spiro atoms. The lowest BCUT2D eigenvalue weighted by Gasteiger charge is -2.14. The Kier molecular flexibility index (Phi) is 6.52. The van der Waals surface area contributed by atoms with E-state index in [4.69, 9.17) is 0 Å². The molecule has 15 heavy (non-hydrogen) atoms. The first-order chi connectivity index (χ1) is 7.38. The number of nitrogens with zero attached hydrogens (tertiary/aromatic N) is 1. The second kappa shape index (κ2) is 7.77. The first-order valence-corrected chi connectivity index (χ1v) is 6.99. The van der Waals surface area contributed by atoms with Crippen molar-refractivity contribution in [2.45, 2.75) is 32.2 Å². The number of nitrogens with one attached hydrogen (secondary N) is 2. The number of rotatable bonds is 8. The van der Waals surface area contributed by atoms with E-state index in [2.05, 4.69) is 28.5 Å². The summed E-state index contributed by atoms with van der Waals surface area (Å²) < 4.78 is 0. The van der Waals surface area contributed by atoms with Crippen LogP contribution < -0.4 is 5.32 Å². The number of aromatic amines is 1. The van der Waals surface area contributed by atoms with E-state index in [9.17, 15) is 0 Å². The lowest BCUT2D eigenvalue weighted by Crippen LogP contribution is -2.23. The number of imidazole rings is 1. The molecule has 1 unspecified atom stereocenters. The molecule has 4 heteroatoms. The summed E-state index contributed by atoms with van der Waals surface area (Å²) in [6.07, 6.45) is 9.47. The van der Waals surface area contributed by atoms with Crippen LogP contribution in [0.15, 0.2) is 12.4 Å². The van der Waals surface area contributed by atoms with Crippen molar-refractivity contribution in [2.75, 3.05) is 18.6 Å². The Morgan fingerprint density at radius 1 is 1.53 bits per heavy atom. The van der Waals surface area contributed by atoms with Gasteiger partial charge in [0.25, 0.3) is 0 Å². The highest BCUT2D eigenvalue weighted by atomic mass is 32.2. The SMILES string of the molecule is CCC(NCCCCSC)c1ncc[nH]1. The first kappa shape index (κ1) is 12.6. The van der Waals surface area contributed by atoms with Gasteiger partial charge in [0.2, 0.25) is 0 Å². The molecule has 1 atom stereocenters. The van der Waals surface area contributed by atoms with Crippen molar-refractivity contribution in [2.24, 2.45) is 0 Å². The molecule has 0 radical (unpaired) electrons. The van der Waals surface area contributed by atoms with Crippen molar-refractivity contribution in [1.82, 2.24) is 15.3 Å². The number of thioether (sulfide) groups is 1. The third kappa shape index (κ3) is 4.71. The van der Waals surface area contributed by atoms with Crippen molar-refractivity contribution in [3.05, 3.63) is 18.2 Å². The molecule has 1 aromatic heterocycles. The number of aromatic nitrogens is 2. The van der Waals surface area contributed by atoms with Gasteiger partial charge in [0.05, 0.1) is 6.04 Å². The van der Waals surface area contributed by atoms with Crippen LogP contribution in [-0.4, -0.2) is 28.5 Å². The minimum Gasteiger partial charge on any atom is -0.347 e. The fraction of sp³-hybridized carbons (Fsp3) is 0.727. The summed E-state index contributed by atoms with van der Waals surface area (Å²) in [5, 5.41) is 3.53. The van der Waals surface area contributed by atoms with E-state index in [-0.39, 0.29) is 0 Å². The second-order valence-electron chi connectivity index (χ2n) is 3.59. The molecule has 0 aliphatic rings. The van der Waals surface area contributed by atoms with Gasteiger partial charge in [0.1, 0.15) is 5.82 Å². The van der Waals surface area contributed by atoms with Gasteiger partial charge in [-0.05, 0) is 37.8 Å². The van der Waals surface area contributed by atoms with E-state index < -0.39 is 0 Å². The normalized spacial score (nSPS) is 12.9. The van der Waals surface area contributed by atoms with Crippen LogP contribution in [0.3, 0.4) is 0 Å². The van der Waals surface area contributed by atoms with E-state index >= 15 is 0 Å². The van der Waals surface area contributed by atoms with Crippen LogP contribution in [0.25, 0.3) is 0 Å². The smallest absolute Gasteiger partial charge is 0.123 e. The number of unbranched alkanes of at least 4 members (excludes halogenated alkanes) is 1. The highest BCUT2D eigenvalue weighted by molar-refractivity contribution is 7.98. The van der Waals surface area contributed by atoms with E-state index in [0.717, 1.165) is 18.8 Å². The Morgan fingerprint density at radius 2 is 2.40 bits per heavy atom. The molecule has 1 aromatic rings. The molecule has 2 N–H and O–H groups in total. The molecular formula is C11H21N3S. The Labute approximate surface area is 96.5 Å². The van der Waals surface area contributed by atoms with Gasteiger partial charge in [-0.3, -0.25) is 0 Å². The first-order valence-electron chi connectivity index (χ1n) is 5.60. The van der Waals surface area contributed by atoms with Crippen LogP contribution in [0.1, 0.15) is 38.1 Å². The van der Waals surface area contributed by atoms with Crippen LogP contribution in [0.5, 0.6) is 0 Å². The van der Waals surface area contributed by atoms with Crippen molar-refractivity contribution in [3.8, 4) is 0 Å². The number of hydrogen-bond donors (Lipinski definition) is 2. The zero-order chi connectivity index (χ0) is 10.9. The Balaban J connectivity index is 2.18. The third-order valence-corrected chi connectivity index (χ3v) is 3.12. The average Bonchev–Trinajstić information content (AvgIpc) is 2.77. The maximum atomic E-state index is 4.28. The highest BCUT2D eigenvalue weighted by Crippen LogP contribution is 2.11. The topological polar surface area (TPSA) is 40.7 Å².